The summed E-state index contributed by atoms with van der Waals surface area (Å²) in [7, 11) is 0. The Bertz CT molecular complexity index is 922. The van der Waals surface area contributed by atoms with Crippen LogP contribution in [0.15, 0.2) is 29.8 Å². The van der Waals surface area contributed by atoms with Crippen LogP contribution < -0.4 is 10.1 Å². The minimum atomic E-state index is -0.685. The van der Waals surface area contributed by atoms with Crippen LogP contribution in [0.3, 0.4) is 0 Å². The van der Waals surface area contributed by atoms with Gasteiger partial charge in [0.15, 0.2) is 0 Å². The first kappa shape index (κ1) is 18.7. The summed E-state index contributed by atoms with van der Waals surface area (Å²) < 4.78 is 6.20. The number of rotatable bonds is 3. The lowest BCUT2D eigenvalue weighted by Gasteiger charge is -2.43. The maximum absolute atomic E-state index is 11.1. The summed E-state index contributed by atoms with van der Waals surface area (Å²) in [5.41, 5.74) is 3.57. The van der Waals surface area contributed by atoms with Crippen LogP contribution in [0.25, 0.3) is 10.9 Å². The van der Waals surface area contributed by atoms with Crippen molar-refractivity contribution in [3.8, 4) is 5.75 Å². The van der Waals surface area contributed by atoms with E-state index in [-0.39, 0.29) is 12.1 Å². The highest BCUT2D eigenvalue weighted by Crippen LogP contribution is 2.43. The van der Waals surface area contributed by atoms with Gasteiger partial charge in [-0.3, -0.25) is 0 Å². The van der Waals surface area contributed by atoms with Gasteiger partial charge in [-0.2, -0.15) is 0 Å². The molecule has 2 aromatic rings. The van der Waals surface area contributed by atoms with Crippen LogP contribution >= 0.6 is 11.6 Å². The Balaban J connectivity index is 1.80. The van der Waals surface area contributed by atoms with Gasteiger partial charge in [-0.25, -0.2) is 4.98 Å². The molecule has 1 unspecified atom stereocenters. The van der Waals surface area contributed by atoms with Gasteiger partial charge in [0, 0.05) is 17.0 Å². The average molecular weight is 387 g/mol. The fraction of sp³-hybridized carbons (Fsp3) is 0.500. The third-order valence-electron chi connectivity index (χ3n) is 5.91. The lowest BCUT2D eigenvalue weighted by molar-refractivity contribution is -0.0654. The highest BCUT2D eigenvalue weighted by molar-refractivity contribution is 6.29. The van der Waals surface area contributed by atoms with Crippen molar-refractivity contribution in [1.29, 1.82) is 0 Å². The number of aromatic nitrogens is 1. The number of benzene rings is 1. The van der Waals surface area contributed by atoms with E-state index in [4.69, 9.17) is 16.3 Å². The summed E-state index contributed by atoms with van der Waals surface area (Å²) >= 11 is 6.17. The van der Waals surface area contributed by atoms with Gasteiger partial charge in [-0.1, -0.05) is 23.3 Å². The maximum Gasteiger partial charge on any atom is 0.131 e. The van der Waals surface area contributed by atoms with E-state index >= 15 is 0 Å². The van der Waals surface area contributed by atoms with Crippen LogP contribution in [0, 0.1) is 6.92 Å². The first-order chi connectivity index (χ1) is 12.8. The van der Waals surface area contributed by atoms with Crippen LogP contribution in [0.1, 0.15) is 57.2 Å². The molecule has 0 amide bonds. The van der Waals surface area contributed by atoms with Crippen molar-refractivity contribution < 1.29 is 9.84 Å². The number of allylic oxidation sites excluding steroid dienone is 1. The molecule has 2 N–H and O–H groups in total. The second-order valence-corrected chi connectivity index (χ2v) is 8.74. The molecule has 2 heterocycles. The molecule has 2 aliphatic rings. The van der Waals surface area contributed by atoms with Gasteiger partial charge >= 0.3 is 0 Å². The van der Waals surface area contributed by atoms with Gasteiger partial charge in [0.1, 0.15) is 22.6 Å². The predicted molar refractivity (Wildman–Crippen MR) is 109 cm³/mol. The van der Waals surface area contributed by atoms with Gasteiger partial charge in [-0.15, -0.1) is 0 Å². The Morgan fingerprint density at radius 2 is 2.11 bits per heavy atom. The van der Waals surface area contributed by atoms with Crippen molar-refractivity contribution in [2.75, 3.05) is 0 Å². The Labute approximate surface area is 165 Å². The zero-order chi connectivity index (χ0) is 19.3. The number of aryl methyl sites for hydroxylation is 1. The number of fused-ring (bicyclic) bond motifs is 2. The van der Waals surface area contributed by atoms with Gasteiger partial charge < -0.3 is 15.2 Å². The fourth-order valence-electron chi connectivity index (χ4n) is 4.29. The molecule has 4 rings (SSSR count). The monoisotopic (exact) mass is 386 g/mol. The van der Waals surface area contributed by atoms with Crippen molar-refractivity contribution in [2.45, 2.75) is 70.7 Å². The van der Waals surface area contributed by atoms with E-state index in [9.17, 15) is 5.11 Å². The first-order valence-corrected chi connectivity index (χ1v) is 10.1. The maximum atomic E-state index is 11.1. The van der Waals surface area contributed by atoms with E-state index in [0.29, 0.717) is 5.15 Å². The van der Waals surface area contributed by atoms with Crippen molar-refractivity contribution in [3.05, 3.63) is 46.1 Å². The van der Waals surface area contributed by atoms with E-state index in [0.717, 1.165) is 40.6 Å². The van der Waals surface area contributed by atoms with E-state index in [1.54, 1.807) is 0 Å². The Hall–Kier alpha value is -1.62. The van der Waals surface area contributed by atoms with Crippen molar-refractivity contribution in [1.82, 2.24) is 10.3 Å². The molecule has 1 aromatic heterocycles. The number of ether oxygens (including phenoxy) is 1. The molecule has 0 fully saturated rings. The Morgan fingerprint density at radius 3 is 2.81 bits per heavy atom. The number of aliphatic hydroxyl groups is 1. The predicted octanol–water partition coefficient (Wildman–Crippen LogP) is 4.86. The Morgan fingerprint density at radius 1 is 1.33 bits per heavy atom. The third-order valence-corrected chi connectivity index (χ3v) is 6.11. The second-order valence-electron chi connectivity index (χ2n) is 8.36. The summed E-state index contributed by atoms with van der Waals surface area (Å²) in [6.07, 6.45) is 5.13. The molecular weight excluding hydrogens is 360 g/mol. The molecule has 1 aromatic carbocycles. The van der Waals surface area contributed by atoms with Crippen LogP contribution in [0.2, 0.25) is 5.15 Å². The second kappa shape index (κ2) is 6.77. The molecule has 3 atom stereocenters. The summed E-state index contributed by atoms with van der Waals surface area (Å²) in [6, 6.07) is 5.88. The Kier molecular flexibility index (Phi) is 4.69. The lowest BCUT2D eigenvalue weighted by atomic mass is 9.85. The molecule has 1 aliphatic heterocycles. The minimum Gasteiger partial charge on any atom is -0.485 e. The molecular formula is C22H27ClN2O2. The van der Waals surface area contributed by atoms with Crippen molar-refractivity contribution >= 4 is 22.5 Å². The number of nitrogens with zero attached hydrogens (tertiary/aromatic N) is 1. The highest BCUT2D eigenvalue weighted by Gasteiger charge is 2.43. The topological polar surface area (TPSA) is 54.4 Å². The van der Waals surface area contributed by atoms with Gasteiger partial charge in [0.25, 0.3) is 0 Å². The van der Waals surface area contributed by atoms with E-state index in [1.807, 2.05) is 39.0 Å². The zero-order valence-corrected chi connectivity index (χ0v) is 17.1. The molecule has 0 radical (unpaired) electrons. The van der Waals surface area contributed by atoms with Crippen LogP contribution in [-0.2, 0) is 0 Å². The third kappa shape index (κ3) is 3.35. The van der Waals surface area contributed by atoms with E-state index in [1.165, 1.54) is 12.0 Å². The number of nitrogens with one attached hydrogen (secondary N) is 1. The van der Waals surface area contributed by atoms with Crippen LogP contribution in [0.5, 0.6) is 5.75 Å². The normalized spacial score (nSPS) is 25.0. The smallest absolute Gasteiger partial charge is 0.131 e. The molecule has 5 heteroatoms. The number of hydrogen-bond acceptors (Lipinski definition) is 4. The fourth-order valence-corrected chi connectivity index (χ4v) is 4.54. The largest absolute Gasteiger partial charge is 0.485 e. The summed E-state index contributed by atoms with van der Waals surface area (Å²) in [5.74, 6) is 0.801. The average Bonchev–Trinajstić information content (AvgIpc) is 3.12. The molecule has 144 valence electrons. The summed E-state index contributed by atoms with van der Waals surface area (Å²) in [4.78, 5) is 4.49. The molecule has 0 saturated carbocycles. The standard InChI is InChI=1S/C22H27ClN2O2/c1-12-9-19(23)25-17-10-16-18(11-15(12)17)27-22(3,4)21(26)20(16)24-13(2)14-7-5-6-8-14/h7,9-11,13,20-21,24,26H,5-6,8H2,1-4H3/t13?,20-,21+/m0/s1. The van der Waals surface area contributed by atoms with Crippen molar-refractivity contribution in [3.63, 3.8) is 0 Å². The van der Waals surface area contributed by atoms with Gasteiger partial charge in [-0.05, 0) is 70.7 Å². The first-order valence-electron chi connectivity index (χ1n) is 9.69. The number of pyridine rings is 1. The summed E-state index contributed by atoms with van der Waals surface area (Å²) in [5, 5.41) is 16.2. The summed E-state index contributed by atoms with van der Waals surface area (Å²) in [6.45, 7) is 8.07. The van der Waals surface area contributed by atoms with Gasteiger partial charge in [0.05, 0.1) is 11.6 Å². The van der Waals surface area contributed by atoms with E-state index in [2.05, 4.69) is 23.3 Å². The number of aliphatic hydroxyl groups excluding tert-OH is 1. The van der Waals surface area contributed by atoms with Crippen LogP contribution in [0.4, 0.5) is 0 Å². The molecule has 27 heavy (non-hydrogen) atoms. The minimum absolute atomic E-state index is 0.207. The molecule has 1 aliphatic carbocycles. The molecule has 0 spiro atoms. The quantitative estimate of drug-likeness (QED) is 0.584. The molecule has 0 saturated heterocycles. The lowest BCUT2D eigenvalue weighted by Crippen LogP contribution is -2.54. The zero-order valence-electron chi connectivity index (χ0n) is 16.3. The molecule has 4 nitrogen and oxygen atoms in total. The van der Waals surface area contributed by atoms with Crippen LogP contribution in [-0.4, -0.2) is 27.8 Å². The number of hydrogen-bond donors (Lipinski definition) is 2. The SMILES string of the molecule is Cc1cc(Cl)nc2cc3c(cc12)OC(C)(C)[C@H](O)[C@H]3NC(C)C1=CCCC1. The van der Waals surface area contributed by atoms with Gasteiger partial charge in [0.2, 0.25) is 0 Å². The number of halogens is 1. The van der Waals surface area contributed by atoms with Crippen molar-refractivity contribution in [2.24, 2.45) is 0 Å². The molecule has 0 bridgehead atoms. The van der Waals surface area contributed by atoms with E-state index < -0.39 is 11.7 Å². The highest BCUT2D eigenvalue weighted by atomic mass is 35.5.